The lowest BCUT2D eigenvalue weighted by Gasteiger charge is -2.10. The highest BCUT2D eigenvalue weighted by Gasteiger charge is 2.27. The number of halogens is 2. The number of Topliss-reactive ketones (excluding diaryl/α,β-unsaturated/α-hetero) is 1. The summed E-state index contributed by atoms with van der Waals surface area (Å²) in [5, 5.41) is 4.60. The second kappa shape index (κ2) is 9.27. The number of aromatic nitrogens is 4. The lowest BCUT2D eigenvalue weighted by molar-refractivity contribution is 0.0990. The Bertz CT molecular complexity index is 1470. The molecule has 2 N–H and O–H groups in total. The molecule has 0 atom stereocenters. The number of benzene rings is 1. The van der Waals surface area contributed by atoms with E-state index >= 15 is 0 Å². The molecular weight excluding hydrogens is 473 g/mol. The van der Waals surface area contributed by atoms with Gasteiger partial charge in [0.05, 0.1) is 11.6 Å². The minimum Gasteiger partial charge on any atom is -0.437 e. The van der Waals surface area contributed by atoms with Crippen molar-refractivity contribution in [2.75, 3.05) is 5.73 Å². The number of ether oxygens (including phenoxy) is 1. The van der Waals surface area contributed by atoms with Crippen molar-refractivity contribution in [1.82, 2.24) is 19.7 Å². The van der Waals surface area contributed by atoms with Gasteiger partial charge in [0.25, 0.3) is 0 Å². The van der Waals surface area contributed by atoms with E-state index in [0.717, 1.165) is 12.8 Å². The predicted octanol–water partition coefficient (Wildman–Crippen LogP) is 4.63. The third kappa shape index (κ3) is 4.90. The molecule has 0 unspecified atom stereocenters. The Morgan fingerprint density at radius 1 is 1.14 bits per heavy atom. The molecule has 1 aliphatic rings. The average molecular weight is 492 g/mol. The second-order valence-corrected chi connectivity index (χ2v) is 8.53. The zero-order valence-corrected chi connectivity index (χ0v) is 19.1. The van der Waals surface area contributed by atoms with Crippen molar-refractivity contribution in [2.24, 2.45) is 0 Å². The van der Waals surface area contributed by atoms with Crippen molar-refractivity contribution in [3.63, 3.8) is 0 Å². The summed E-state index contributed by atoms with van der Waals surface area (Å²) >= 11 is 6.09. The molecule has 1 aromatic carbocycles. The zero-order valence-electron chi connectivity index (χ0n) is 18.3. The Labute approximate surface area is 204 Å². The van der Waals surface area contributed by atoms with Gasteiger partial charge in [0.2, 0.25) is 11.3 Å². The molecule has 0 aliphatic heterocycles. The summed E-state index contributed by atoms with van der Waals surface area (Å²) in [5.74, 6) is -0.0807. The van der Waals surface area contributed by atoms with Crippen LogP contribution in [0, 0.1) is 5.82 Å². The van der Waals surface area contributed by atoms with E-state index in [1.165, 1.54) is 42.9 Å². The maximum Gasteiger partial charge on any atom is 0.219 e. The van der Waals surface area contributed by atoms with Crippen LogP contribution in [0.5, 0.6) is 11.6 Å². The fraction of sp³-hybridized carbons (Fsp3) is 0.160. The minimum absolute atomic E-state index is 0.0330. The third-order valence-corrected chi connectivity index (χ3v) is 5.91. The summed E-state index contributed by atoms with van der Waals surface area (Å²) in [4.78, 5) is 34.4. The molecule has 3 heterocycles. The first-order valence-electron chi connectivity index (χ1n) is 10.8. The molecule has 35 heavy (non-hydrogen) atoms. The van der Waals surface area contributed by atoms with Crippen LogP contribution < -0.4 is 15.9 Å². The van der Waals surface area contributed by atoms with Crippen molar-refractivity contribution in [1.29, 1.82) is 0 Å². The van der Waals surface area contributed by atoms with Gasteiger partial charge >= 0.3 is 0 Å². The SMILES string of the molecule is Nc1nccc(Oc2ccc(CC(=O)c3cn(C4CC4)nc(-c4ccc(F)cc4)c3=O)cn2)c1Cl. The van der Waals surface area contributed by atoms with Gasteiger partial charge in [-0.1, -0.05) is 17.7 Å². The summed E-state index contributed by atoms with van der Waals surface area (Å²) in [6.07, 6.45) is 6.27. The highest BCUT2D eigenvalue weighted by Crippen LogP contribution is 2.34. The molecule has 0 saturated heterocycles. The lowest BCUT2D eigenvalue weighted by atomic mass is 10.0. The molecule has 0 spiro atoms. The molecule has 1 fully saturated rings. The van der Waals surface area contributed by atoms with Crippen molar-refractivity contribution in [3.8, 4) is 22.9 Å². The monoisotopic (exact) mass is 491 g/mol. The summed E-state index contributed by atoms with van der Waals surface area (Å²) in [6, 6.07) is 10.5. The van der Waals surface area contributed by atoms with Gasteiger partial charge in [0, 0.05) is 42.7 Å². The van der Waals surface area contributed by atoms with Gasteiger partial charge in [-0.15, -0.1) is 0 Å². The molecule has 0 amide bonds. The number of ketones is 1. The smallest absolute Gasteiger partial charge is 0.219 e. The molecule has 0 radical (unpaired) electrons. The van der Waals surface area contributed by atoms with Crippen LogP contribution in [0.25, 0.3) is 11.3 Å². The zero-order chi connectivity index (χ0) is 24.5. The van der Waals surface area contributed by atoms with Gasteiger partial charge in [0.15, 0.2) is 11.5 Å². The van der Waals surface area contributed by atoms with Gasteiger partial charge in [-0.3, -0.25) is 14.3 Å². The standard InChI is InChI=1S/C25H19ClFN5O3/c26-22-20(9-10-29-25(22)28)35-21-8-1-14(12-30-21)11-19(33)18-13-32(17-6-7-17)31-23(24(18)34)15-2-4-16(27)5-3-15/h1-5,8-10,12-13,17H,6-7,11H2,(H2,28,29). The van der Waals surface area contributed by atoms with Crippen LogP contribution in [0.3, 0.4) is 0 Å². The van der Waals surface area contributed by atoms with Crippen LogP contribution in [0.15, 0.2) is 65.8 Å². The topological polar surface area (TPSA) is 113 Å². The number of rotatable bonds is 7. The number of anilines is 1. The Balaban J connectivity index is 1.39. The number of nitrogen functional groups attached to an aromatic ring is 1. The predicted molar refractivity (Wildman–Crippen MR) is 128 cm³/mol. The van der Waals surface area contributed by atoms with Gasteiger partial charge in [0.1, 0.15) is 22.4 Å². The van der Waals surface area contributed by atoms with Crippen molar-refractivity contribution in [3.05, 3.63) is 93.2 Å². The van der Waals surface area contributed by atoms with Crippen LogP contribution in [-0.2, 0) is 6.42 Å². The summed E-state index contributed by atoms with van der Waals surface area (Å²) in [6.45, 7) is 0. The number of nitrogens with zero attached hydrogens (tertiary/aromatic N) is 4. The Morgan fingerprint density at radius 3 is 2.60 bits per heavy atom. The number of hydrogen-bond donors (Lipinski definition) is 1. The molecule has 0 bridgehead atoms. The van der Waals surface area contributed by atoms with Crippen molar-refractivity contribution in [2.45, 2.75) is 25.3 Å². The maximum absolute atomic E-state index is 13.4. The van der Waals surface area contributed by atoms with Crippen LogP contribution in [-0.4, -0.2) is 25.5 Å². The third-order valence-electron chi connectivity index (χ3n) is 5.53. The summed E-state index contributed by atoms with van der Waals surface area (Å²) < 4.78 is 20.7. The number of hydrogen-bond acceptors (Lipinski definition) is 7. The second-order valence-electron chi connectivity index (χ2n) is 8.15. The Kier molecular flexibility index (Phi) is 6.00. The van der Waals surface area contributed by atoms with Gasteiger partial charge < -0.3 is 10.5 Å². The Hall–Kier alpha value is -4.11. The normalized spacial score (nSPS) is 13.0. The Morgan fingerprint density at radius 2 is 1.91 bits per heavy atom. The van der Waals surface area contributed by atoms with Crippen LogP contribution >= 0.6 is 11.6 Å². The maximum atomic E-state index is 13.4. The lowest BCUT2D eigenvalue weighted by Crippen LogP contribution is -2.23. The largest absolute Gasteiger partial charge is 0.437 e. The van der Waals surface area contributed by atoms with E-state index in [4.69, 9.17) is 22.1 Å². The van der Waals surface area contributed by atoms with Crippen molar-refractivity contribution < 1.29 is 13.9 Å². The van der Waals surface area contributed by atoms with Crippen LogP contribution in [0.2, 0.25) is 5.02 Å². The molecule has 176 valence electrons. The van der Waals surface area contributed by atoms with E-state index in [0.29, 0.717) is 16.9 Å². The number of carbonyl (C=O) groups excluding carboxylic acids is 1. The highest BCUT2D eigenvalue weighted by atomic mass is 35.5. The molecule has 5 rings (SSSR count). The van der Waals surface area contributed by atoms with Crippen LogP contribution in [0.1, 0.15) is 34.8 Å². The summed E-state index contributed by atoms with van der Waals surface area (Å²) in [7, 11) is 0. The fourth-order valence-corrected chi connectivity index (χ4v) is 3.67. The van der Waals surface area contributed by atoms with Crippen LogP contribution in [0.4, 0.5) is 10.2 Å². The first-order valence-corrected chi connectivity index (χ1v) is 11.2. The molecule has 4 aromatic rings. The van der Waals surface area contributed by atoms with E-state index in [9.17, 15) is 14.0 Å². The first kappa shape index (κ1) is 22.7. The molecule has 8 nitrogen and oxygen atoms in total. The van der Waals surface area contributed by atoms with E-state index in [2.05, 4.69) is 15.1 Å². The fourth-order valence-electron chi connectivity index (χ4n) is 3.52. The first-order chi connectivity index (χ1) is 16.9. The quantitative estimate of drug-likeness (QED) is 0.375. The van der Waals surface area contributed by atoms with Gasteiger partial charge in [-0.25, -0.2) is 14.4 Å². The number of carbonyl (C=O) groups is 1. The molecule has 10 heteroatoms. The van der Waals surface area contributed by atoms with E-state index < -0.39 is 11.2 Å². The molecule has 1 saturated carbocycles. The van der Waals surface area contributed by atoms with E-state index in [1.807, 2.05) is 0 Å². The number of pyridine rings is 2. The van der Waals surface area contributed by atoms with Gasteiger partial charge in [-0.2, -0.15) is 5.10 Å². The molecular formula is C25H19ClFN5O3. The minimum atomic E-state index is -0.490. The highest BCUT2D eigenvalue weighted by molar-refractivity contribution is 6.34. The van der Waals surface area contributed by atoms with E-state index in [1.54, 1.807) is 22.9 Å². The average Bonchev–Trinajstić information content (AvgIpc) is 3.70. The molecule has 1 aliphatic carbocycles. The molecule has 3 aromatic heterocycles. The van der Waals surface area contributed by atoms with Crippen molar-refractivity contribution >= 4 is 23.2 Å². The summed E-state index contributed by atoms with van der Waals surface area (Å²) in [5.41, 5.74) is 6.40. The van der Waals surface area contributed by atoms with Gasteiger partial charge in [-0.05, 0) is 42.7 Å². The number of nitrogens with two attached hydrogens (primary N) is 1. The van der Waals surface area contributed by atoms with E-state index in [-0.39, 0.29) is 46.2 Å².